The molecule has 0 atom stereocenters. The Morgan fingerprint density at radius 3 is 2.82 bits per heavy atom. The molecule has 0 aliphatic rings. The maximum atomic E-state index is 5.31. The first-order chi connectivity index (χ1) is 4.79. The molecule has 62 valence electrons. The largest absolute Gasteiger partial charge is 0.393 e. The quantitative estimate of drug-likeness (QED) is 0.725. The van der Waals surface area contributed by atoms with Crippen molar-refractivity contribution in [3.05, 3.63) is 18.7 Å². The Kier molecular flexibility index (Phi) is 4.81. The third-order valence-corrected chi connectivity index (χ3v) is 1.38. The molecule has 1 aromatic heterocycles. The van der Waals surface area contributed by atoms with Gasteiger partial charge in [-0.1, -0.05) is 12.2 Å². The molecule has 0 aliphatic heterocycles. The average Bonchev–Trinajstić information content (AvgIpc) is 2.34. The van der Waals surface area contributed by atoms with Crippen LogP contribution in [0.5, 0.6) is 0 Å². The van der Waals surface area contributed by atoms with E-state index >= 15 is 0 Å². The van der Waals surface area contributed by atoms with Crippen molar-refractivity contribution in [1.29, 1.82) is 0 Å². The summed E-state index contributed by atoms with van der Waals surface area (Å²) in [6.45, 7) is 0.829. The number of aryl methyl sites for hydroxylation is 1. The molecule has 3 nitrogen and oxygen atoms in total. The number of imidazole rings is 1. The molecular weight excluding hydrogens is 182 g/mol. The molecule has 11 heavy (non-hydrogen) atoms. The van der Waals surface area contributed by atoms with Gasteiger partial charge in [0.05, 0.1) is 11.3 Å². The summed E-state index contributed by atoms with van der Waals surface area (Å²) in [6, 6.07) is 0. The van der Waals surface area contributed by atoms with Gasteiger partial charge in [0.25, 0.3) is 0 Å². The van der Waals surface area contributed by atoms with Gasteiger partial charge in [-0.25, -0.2) is 4.98 Å². The molecule has 0 aliphatic carbocycles. The van der Waals surface area contributed by atoms with Crippen LogP contribution in [0.3, 0.4) is 0 Å². The van der Waals surface area contributed by atoms with Crippen molar-refractivity contribution in [2.45, 2.75) is 13.0 Å². The first-order valence-electron chi connectivity index (χ1n) is 3.03. The van der Waals surface area contributed by atoms with E-state index in [1.54, 1.807) is 12.5 Å². The van der Waals surface area contributed by atoms with Crippen LogP contribution in [0, 0.1) is 0 Å². The fourth-order valence-corrected chi connectivity index (χ4v) is 0.750. The van der Waals surface area contributed by atoms with Crippen LogP contribution in [-0.2, 0) is 6.54 Å². The molecule has 0 spiro atoms. The van der Waals surface area contributed by atoms with Gasteiger partial charge >= 0.3 is 0 Å². The zero-order chi connectivity index (χ0) is 7.40. The highest BCUT2D eigenvalue weighted by Gasteiger charge is 1.90. The predicted molar refractivity (Wildman–Crippen MR) is 50.9 cm³/mol. The van der Waals surface area contributed by atoms with E-state index in [9.17, 15) is 0 Å². The van der Waals surface area contributed by atoms with Crippen LogP contribution in [-0.4, -0.2) is 14.5 Å². The van der Waals surface area contributed by atoms with Crippen molar-refractivity contribution in [3.63, 3.8) is 0 Å². The topological polar surface area (TPSA) is 43.8 Å². The Morgan fingerprint density at radius 2 is 2.36 bits per heavy atom. The normalized spacial score (nSPS) is 8.73. The van der Waals surface area contributed by atoms with Gasteiger partial charge in [0, 0.05) is 25.4 Å². The first kappa shape index (κ1) is 10.4. The molecule has 1 rings (SSSR count). The number of hydrogen-bond donors (Lipinski definition) is 1. The van der Waals surface area contributed by atoms with Crippen molar-refractivity contribution in [2.24, 2.45) is 5.73 Å². The number of rotatable bonds is 3. The number of thiocarbonyl (C=S) groups is 1. The smallest absolute Gasteiger partial charge is 0.0946 e. The average molecular weight is 192 g/mol. The van der Waals surface area contributed by atoms with Gasteiger partial charge in [-0.2, -0.15) is 0 Å². The minimum absolute atomic E-state index is 0. The van der Waals surface area contributed by atoms with Gasteiger partial charge in [-0.05, 0) is 0 Å². The zero-order valence-electron chi connectivity index (χ0n) is 5.93. The third-order valence-electron chi connectivity index (χ3n) is 1.18. The molecule has 0 radical (unpaired) electrons. The van der Waals surface area contributed by atoms with Crippen LogP contribution in [0.4, 0.5) is 0 Å². The van der Waals surface area contributed by atoms with E-state index in [-0.39, 0.29) is 12.4 Å². The summed E-state index contributed by atoms with van der Waals surface area (Å²) in [5, 5.41) is 0. The molecule has 1 aromatic rings. The molecule has 0 saturated carbocycles. The third kappa shape index (κ3) is 3.95. The molecule has 2 N–H and O–H groups in total. The van der Waals surface area contributed by atoms with Crippen molar-refractivity contribution in [3.8, 4) is 0 Å². The maximum absolute atomic E-state index is 5.31. The zero-order valence-corrected chi connectivity index (χ0v) is 7.57. The van der Waals surface area contributed by atoms with E-state index in [2.05, 4.69) is 4.98 Å². The molecule has 0 bridgehead atoms. The lowest BCUT2D eigenvalue weighted by atomic mass is 10.4. The van der Waals surface area contributed by atoms with Crippen LogP contribution < -0.4 is 5.73 Å². The molecule has 0 amide bonds. The van der Waals surface area contributed by atoms with Crippen LogP contribution in [0.1, 0.15) is 6.42 Å². The van der Waals surface area contributed by atoms with Crippen molar-refractivity contribution >= 4 is 29.6 Å². The summed E-state index contributed by atoms with van der Waals surface area (Å²) in [5.74, 6) is 0. The maximum Gasteiger partial charge on any atom is 0.0946 e. The molecule has 0 unspecified atom stereocenters. The van der Waals surface area contributed by atoms with Crippen molar-refractivity contribution in [1.82, 2.24) is 9.55 Å². The summed E-state index contributed by atoms with van der Waals surface area (Å²) < 4.78 is 1.94. The second-order valence-corrected chi connectivity index (χ2v) is 2.54. The number of aromatic nitrogens is 2. The molecule has 0 aromatic carbocycles. The standard InChI is InChI=1S/C6H9N3S.ClH/c7-6(10)1-3-9-4-2-8-5-9;/h2,4-5H,1,3H2,(H2,7,10);1H. The highest BCUT2D eigenvalue weighted by Crippen LogP contribution is 1.89. The van der Waals surface area contributed by atoms with E-state index in [1.807, 2.05) is 10.8 Å². The van der Waals surface area contributed by atoms with Crippen LogP contribution in [0.2, 0.25) is 0 Å². The summed E-state index contributed by atoms with van der Waals surface area (Å²) in [7, 11) is 0. The van der Waals surface area contributed by atoms with E-state index in [1.165, 1.54) is 0 Å². The Bertz CT molecular complexity index is 210. The monoisotopic (exact) mass is 191 g/mol. The van der Waals surface area contributed by atoms with E-state index in [0.717, 1.165) is 13.0 Å². The van der Waals surface area contributed by atoms with Gasteiger partial charge in [0.1, 0.15) is 0 Å². The Balaban J connectivity index is 0.000001000. The second-order valence-electron chi connectivity index (χ2n) is 2.02. The number of nitrogens with zero attached hydrogens (tertiary/aromatic N) is 2. The lowest BCUT2D eigenvalue weighted by Gasteiger charge is -1.98. The Hall–Kier alpha value is -0.610. The highest BCUT2D eigenvalue weighted by atomic mass is 35.5. The first-order valence-corrected chi connectivity index (χ1v) is 3.44. The van der Waals surface area contributed by atoms with Gasteiger partial charge in [0.15, 0.2) is 0 Å². The minimum Gasteiger partial charge on any atom is -0.393 e. The SMILES string of the molecule is Cl.NC(=S)CCn1ccnc1. The lowest BCUT2D eigenvalue weighted by molar-refractivity contribution is 0.726. The number of nitrogens with two attached hydrogens (primary N) is 1. The van der Waals surface area contributed by atoms with Gasteiger partial charge in [-0.3, -0.25) is 0 Å². The van der Waals surface area contributed by atoms with Crippen LogP contribution in [0.25, 0.3) is 0 Å². The summed E-state index contributed by atoms with van der Waals surface area (Å²) in [4.78, 5) is 4.43. The van der Waals surface area contributed by atoms with E-state index in [4.69, 9.17) is 18.0 Å². The van der Waals surface area contributed by atoms with Gasteiger partial charge < -0.3 is 10.3 Å². The number of hydrogen-bond acceptors (Lipinski definition) is 2. The molecule has 0 fully saturated rings. The van der Waals surface area contributed by atoms with Gasteiger partial charge in [0.2, 0.25) is 0 Å². The Labute approximate surface area is 77.0 Å². The summed E-state index contributed by atoms with van der Waals surface area (Å²) in [6.07, 6.45) is 6.11. The lowest BCUT2D eigenvalue weighted by Crippen LogP contribution is -2.10. The fourth-order valence-electron chi connectivity index (χ4n) is 0.658. The predicted octanol–water partition coefficient (Wildman–Crippen LogP) is 0.981. The van der Waals surface area contributed by atoms with Crippen LogP contribution >= 0.6 is 24.6 Å². The second kappa shape index (κ2) is 5.09. The highest BCUT2D eigenvalue weighted by molar-refractivity contribution is 7.80. The Morgan fingerprint density at radius 1 is 1.64 bits per heavy atom. The van der Waals surface area contributed by atoms with Gasteiger partial charge in [-0.15, -0.1) is 12.4 Å². The van der Waals surface area contributed by atoms with Crippen LogP contribution in [0.15, 0.2) is 18.7 Å². The van der Waals surface area contributed by atoms with Crippen molar-refractivity contribution in [2.75, 3.05) is 0 Å². The van der Waals surface area contributed by atoms with Crippen molar-refractivity contribution < 1.29 is 0 Å². The molecule has 5 heteroatoms. The van der Waals surface area contributed by atoms with E-state index in [0.29, 0.717) is 4.99 Å². The number of halogens is 1. The molecular formula is C6H10ClN3S. The molecule has 1 heterocycles. The van der Waals surface area contributed by atoms with E-state index < -0.39 is 0 Å². The molecule has 0 saturated heterocycles. The fraction of sp³-hybridized carbons (Fsp3) is 0.333. The minimum atomic E-state index is 0. The summed E-state index contributed by atoms with van der Waals surface area (Å²) in [5.41, 5.74) is 5.31. The summed E-state index contributed by atoms with van der Waals surface area (Å²) >= 11 is 4.71.